The van der Waals surface area contributed by atoms with Gasteiger partial charge in [0.05, 0.1) is 6.54 Å². The van der Waals surface area contributed by atoms with Gasteiger partial charge < -0.3 is 10.2 Å². The molecular formula is C16H28N4O2S2. The smallest absolute Gasteiger partial charge is 0.247 e. The SMILES string of the molecule is CCC(CC)C1CCN(C(=NC)NCc2ccc(S(N)(=O)=O)s2)C1. The second kappa shape index (κ2) is 8.31. The Morgan fingerprint density at radius 2 is 2.17 bits per heavy atom. The van der Waals surface area contributed by atoms with Crippen LogP contribution in [0.2, 0.25) is 0 Å². The van der Waals surface area contributed by atoms with Gasteiger partial charge in [-0.3, -0.25) is 4.99 Å². The topological polar surface area (TPSA) is 87.8 Å². The largest absolute Gasteiger partial charge is 0.351 e. The monoisotopic (exact) mass is 372 g/mol. The predicted octanol–water partition coefficient (Wildman–Crippen LogP) is 2.23. The third kappa shape index (κ3) is 4.70. The van der Waals surface area contributed by atoms with E-state index in [-0.39, 0.29) is 4.21 Å². The number of guanidine groups is 1. The number of hydrogen-bond donors (Lipinski definition) is 2. The van der Waals surface area contributed by atoms with Gasteiger partial charge >= 0.3 is 0 Å². The van der Waals surface area contributed by atoms with Crippen LogP contribution in [0.3, 0.4) is 0 Å². The second-order valence-corrected chi connectivity index (χ2v) is 9.19. The van der Waals surface area contributed by atoms with Crippen molar-refractivity contribution in [3.05, 3.63) is 17.0 Å². The number of primary sulfonamides is 1. The Morgan fingerprint density at radius 3 is 2.71 bits per heavy atom. The summed E-state index contributed by atoms with van der Waals surface area (Å²) in [6, 6.07) is 3.35. The first-order chi connectivity index (χ1) is 11.4. The van der Waals surface area contributed by atoms with E-state index in [0.29, 0.717) is 6.54 Å². The van der Waals surface area contributed by atoms with Crippen LogP contribution >= 0.6 is 11.3 Å². The number of hydrogen-bond acceptors (Lipinski definition) is 4. The zero-order chi connectivity index (χ0) is 17.7. The molecule has 1 aromatic heterocycles. The van der Waals surface area contributed by atoms with Crippen molar-refractivity contribution in [2.45, 2.75) is 43.9 Å². The van der Waals surface area contributed by atoms with Crippen LogP contribution in [0, 0.1) is 11.8 Å². The number of thiophene rings is 1. The lowest BCUT2D eigenvalue weighted by Crippen LogP contribution is -2.39. The minimum atomic E-state index is -3.61. The molecule has 3 N–H and O–H groups in total. The standard InChI is InChI=1S/C16H28N4O2S2/c1-4-12(5-2)13-8-9-20(11-13)16(18-3)19-10-14-6-7-15(23-14)24(17,21)22/h6-7,12-13H,4-5,8-11H2,1-3H3,(H,18,19)(H2,17,21,22). The van der Waals surface area contributed by atoms with Crippen molar-refractivity contribution >= 4 is 27.3 Å². The number of nitrogens with one attached hydrogen (secondary N) is 1. The average Bonchev–Trinajstić information content (AvgIpc) is 3.19. The van der Waals surface area contributed by atoms with Crippen molar-refractivity contribution in [2.75, 3.05) is 20.1 Å². The van der Waals surface area contributed by atoms with E-state index < -0.39 is 10.0 Å². The molecule has 1 aliphatic heterocycles. The van der Waals surface area contributed by atoms with E-state index in [9.17, 15) is 8.42 Å². The Bertz CT molecular complexity index is 665. The van der Waals surface area contributed by atoms with Crippen LogP contribution in [0.1, 0.15) is 38.0 Å². The quantitative estimate of drug-likeness (QED) is 0.592. The van der Waals surface area contributed by atoms with Crippen molar-refractivity contribution < 1.29 is 8.42 Å². The van der Waals surface area contributed by atoms with Crippen LogP contribution in [-0.4, -0.2) is 39.4 Å². The first kappa shape index (κ1) is 19.2. The summed E-state index contributed by atoms with van der Waals surface area (Å²) in [7, 11) is -1.83. The molecule has 1 aliphatic rings. The van der Waals surface area contributed by atoms with E-state index >= 15 is 0 Å². The molecule has 1 unspecified atom stereocenters. The van der Waals surface area contributed by atoms with Crippen molar-refractivity contribution in [2.24, 2.45) is 22.0 Å². The third-order valence-corrected chi connectivity index (χ3v) is 7.31. The van der Waals surface area contributed by atoms with E-state index in [1.165, 1.54) is 30.6 Å². The predicted molar refractivity (Wildman–Crippen MR) is 99.6 cm³/mol. The maximum Gasteiger partial charge on any atom is 0.247 e. The molecular weight excluding hydrogens is 344 g/mol. The lowest BCUT2D eigenvalue weighted by molar-refractivity contribution is 0.319. The number of sulfonamides is 1. The summed E-state index contributed by atoms with van der Waals surface area (Å²) in [4.78, 5) is 7.61. The molecule has 8 heteroatoms. The Balaban J connectivity index is 1.93. The molecule has 0 bridgehead atoms. The van der Waals surface area contributed by atoms with Crippen LogP contribution in [0.5, 0.6) is 0 Å². The highest BCUT2D eigenvalue weighted by molar-refractivity contribution is 7.91. The van der Waals surface area contributed by atoms with Gasteiger partial charge in [0, 0.05) is 25.0 Å². The molecule has 24 heavy (non-hydrogen) atoms. The van der Waals surface area contributed by atoms with E-state index in [1.807, 2.05) is 0 Å². The molecule has 0 amide bonds. The molecule has 6 nitrogen and oxygen atoms in total. The highest BCUT2D eigenvalue weighted by Crippen LogP contribution is 2.28. The normalized spacial score (nSPS) is 19.3. The van der Waals surface area contributed by atoms with Gasteiger partial charge in [-0.25, -0.2) is 13.6 Å². The molecule has 0 spiro atoms. The van der Waals surface area contributed by atoms with E-state index in [4.69, 9.17) is 5.14 Å². The van der Waals surface area contributed by atoms with Crippen molar-refractivity contribution in [1.82, 2.24) is 10.2 Å². The highest BCUT2D eigenvalue weighted by Gasteiger charge is 2.29. The highest BCUT2D eigenvalue weighted by atomic mass is 32.2. The minimum absolute atomic E-state index is 0.198. The Hall–Kier alpha value is -1.12. The van der Waals surface area contributed by atoms with Gasteiger partial charge in [0.25, 0.3) is 0 Å². The van der Waals surface area contributed by atoms with Crippen molar-refractivity contribution in [3.63, 3.8) is 0 Å². The Morgan fingerprint density at radius 1 is 1.46 bits per heavy atom. The van der Waals surface area contributed by atoms with Crippen LogP contribution in [0.4, 0.5) is 0 Å². The fourth-order valence-corrected chi connectivity index (χ4v) is 5.14. The summed E-state index contributed by atoms with van der Waals surface area (Å²) in [5.41, 5.74) is 0. The zero-order valence-electron chi connectivity index (χ0n) is 14.7. The molecule has 2 heterocycles. The molecule has 0 aromatic carbocycles. The fraction of sp³-hybridized carbons (Fsp3) is 0.688. The number of likely N-dealkylation sites (tertiary alicyclic amines) is 1. The van der Waals surface area contributed by atoms with Crippen LogP contribution in [0.15, 0.2) is 21.3 Å². The first-order valence-electron chi connectivity index (χ1n) is 8.46. The first-order valence-corrected chi connectivity index (χ1v) is 10.8. The third-order valence-electron chi connectivity index (χ3n) is 4.79. The summed E-state index contributed by atoms with van der Waals surface area (Å²) >= 11 is 1.20. The van der Waals surface area contributed by atoms with Crippen molar-refractivity contribution in [1.29, 1.82) is 0 Å². The van der Waals surface area contributed by atoms with Gasteiger partial charge in [-0.2, -0.15) is 0 Å². The number of rotatable bonds is 6. The molecule has 1 atom stereocenters. The van der Waals surface area contributed by atoms with E-state index in [1.54, 1.807) is 19.2 Å². The molecule has 1 aromatic rings. The van der Waals surface area contributed by atoms with E-state index in [2.05, 4.69) is 29.1 Å². The second-order valence-electron chi connectivity index (χ2n) is 6.24. The van der Waals surface area contributed by atoms with Gasteiger partial charge in [-0.15, -0.1) is 11.3 Å². The summed E-state index contributed by atoms with van der Waals surface area (Å²) < 4.78 is 22.9. The number of nitrogens with zero attached hydrogens (tertiary/aromatic N) is 2. The molecule has 136 valence electrons. The van der Waals surface area contributed by atoms with E-state index in [0.717, 1.165) is 35.8 Å². The molecule has 0 radical (unpaired) electrons. The average molecular weight is 373 g/mol. The van der Waals surface area contributed by atoms with Crippen LogP contribution in [0.25, 0.3) is 0 Å². The zero-order valence-corrected chi connectivity index (χ0v) is 16.3. The van der Waals surface area contributed by atoms with Gasteiger partial charge in [0.15, 0.2) is 5.96 Å². The summed E-state index contributed by atoms with van der Waals surface area (Å²) in [5, 5.41) is 8.49. The summed E-state index contributed by atoms with van der Waals surface area (Å²) in [5.74, 6) is 2.39. The van der Waals surface area contributed by atoms with Crippen LogP contribution < -0.4 is 10.5 Å². The fourth-order valence-electron chi connectivity index (χ4n) is 3.42. The minimum Gasteiger partial charge on any atom is -0.351 e. The van der Waals surface area contributed by atoms with Crippen molar-refractivity contribution in [3.8, 4) is 0 Å². The van der Waals surface area contributed by atoms with Crippen LogP contribution in [-0.2, 0) is 16.6 Å². The maximum atomic E-state index is 11.3. The summed E-state index contributed by atoms with van der Waals surface area (Å²) in [6.07, 6.45) is 3.67. The molecule has 0 aliphatic carbocycles. The van der Waals surface area contributed by atoms with Gasteiger partial charge in [-0.05, 0) is 30.4 Å². The molecule has 2 rings (SSSR count). The lowest BCUT2D eigenvalue weighted by atomic mass is 9.87. The lowest BCUT2D eigenvalue weighted by Gasteiger charge is -2.24. The number of aliphatic imine (C=N–C) groups is 1. The van der Waals surface area contributed by atoms with Gasteiger partial charge in [0.1, 0.15) is 4.21 Å². The number of nitrogens with two attached hydrogens (primary N) is 1. The van der Waals surface area contributed by atoms with Gasteiger partial charge in [0.2, 0.25) is 10.0 Å². The summed E-state index contributed by atoms with van der Waals surface area (Å²) in [6.45, 7) is 7.15. The maximum absolute atomic E-state index is 11.3. The van der Waals surface area contributed by atoms with Gasteiger partial charge in [-0.1, -0.05) is 26.7 Å². The molecule has 1 saturated heterocycles. The molecule has 1 fully saturated rings. The molecule has 0 saturated carbocycles. The Labute approximate surface area is 149 Å². The Kier molecular flexibility index (Phi) is 6.65.